The normalized spacial score (nSPS) is 11.6. The number of nitrogens with one attached hydrogen (secondary N) is 3. The van der Waals surface area contributed by atoms with Crippen molar-refractivity contribution in [1.29, 1.82) is 0 Å². The molecule has 30 heavy (non-hydrogen) atoms. The van der Waals surface area contributed by atoms with Gasteiger partial charge in [-0.2, -0.15) is 13.2 Å². The number of amides is 2. The highest BCUT2D eigenvalue weighted by atomic mass is 32.2. The molecule has 0 aliphatic carbocycles. The molecule has 2 aromatic rings. The lowest BCUT2D eigenvalue weighted by molar-refractivity contribution is -0.138. The number of carbonyl (C=O) groups is 2. The number of rotatable bonds is 7. The van der Waals surface area contributed by atoms with Crippen LogP contribution in [0.25, 0.3) is 0 Å². The smallest absolute Gasteiger partial charge is 0.347 e. The van der Waals surface area contributed by atoms with Crippen LogP contribution in [0.15, 0.2) is 47.4 Å². The Morgan fingerprint density at radius 1 is 1.00 bits per heavy atom. The van der Waals surface area contributed by atoms with Crippen LogP contribution in [0.1, 0.15) is 18.1 Å². The standard InChI is InChI=1S/C19H20F3N3O4S/c1-12-9-16(24-13(2)26)7-8-17(12)30(28,29)25-15-5-3-14(4-6-15)10-18(27)23-11-19(20,21)22/h3-9,25H,10-11H2,1-2H3,(H,23,27)(H,24,26). The number of anilines is 2. The van der Waals surface area contributed by atoms with Gasteiger partial charge in [0.2, 0.25) is 11.8 Å². The lowest BCUT2D eigenvalue weighted by Crippen LogP contribution is -2.34. The first-order valence-electron chi connectivity index (χ1n) is 8.69. The van der Waals surface area contributed by atoms with E-state index in [4.69, 9.17) is 0 Å². The summed E-state index contributed by atoms with van der Waals surface area (Å²) in [6.45, 7) is 1.51. The third-order valence-corrected chi connectivity index (χ3v) is 5.38. The van der Waals surface area contributed by atoms with Crippen LogP contribution in [0.5, 0.6) is 0 Å². The average Bonchev–Trinajstić information content (AvgIpc) is 2.60. The second-order valence-electron chi connectivity index (χ2n) is 6.53. The number of aryl methyl sites for hydroxylation is 1. The maximum atomic E-state index is 12.6. The molecule has 0 atom stereocenters. The maximum absolute atomic E-state index is 12.6. The van der Waals surface area contributed by atoms with Crippen LogP contribution in [0.3, 0.4) is 0 Å². The molecule has 0 heterocycles. The summed E-state index contributed by atoms with van der Waals surface area (Å²) in [6.07, 6.45) is -4.76. The van der Waals surface area contributed by atoms with Gasteiger partial charge >= 0.3 is 6.18 Å². The molecule has 0 aliphatic heterocycles. The summed E-state index contributed by atoms with van der Waals surface area (Å²) in [5.41, 5.74) is 1.53. The van der Waals surface area contributed by atoms with E-state index in [2.05, 4.69) is 10.0 Å². The van der Waals surface area contributed by atoms with Gasteiger partial charge in [-0.25, -0.2) is 8.42 Å². The van der Waals surface area contributed by atoms with Crippen LogP contribution < -0.4 is 15.4 Å². The fourth-order valence-electron chi connectivity index (χ4n) is 2.58. The van der Waals surface area contributed by atoms with Crippen molar-refractivity contribution in [3.63, 3.8) is 0 Å². The van der Waals surface area contributed by atoms with Crippen LogP contribution in [0, 0.1) is 6.92 Å². The van der Waals surface area contributed by atoms with Crippen LogP contribution in [0.4, 0.5) is 24.5 Å². The minimum absolute atomic E-state index is 0.0206. The molecular weight excluding hydrogens is 423 g/mol. The van der Waals surface area contributed by atoms with E-state index in [0.717, 1.165) is 0 Å². The molecule has 0 bridgehead atoms. The van der Waals surface area contributed by atoms with Crippen molar-refractivity contribution in [2.45, 2.75) is 31.3 Å². The number of alkyl halides is 3. The zero-order valence-electron chi connectivity index (χ0n) is 16.1. The number of hydrogen-bond donors (Lipinski definition) is 3. The van der Waals surface area contributed by atoms with E-state index in [-0.39, 0.29) is 22.9 Å². The number of carbonyl (C=O) groups excluding carboxylic acids is 2. The molecule has 2 rings (SSSR count). The minimum atomic E-state index is -4.49. The molecule has 0 aliphatic rings. The van der Waals surface area contributed by atoms with E-state index in [1.165, 1.54) is 49.4 Å². The molecule has 3 N–H and O–H groups in total. The Bertz CT molecular complexity index is 1040. The summed E-state index contributed by atoms with van der Waals surface area (Å²) in [6, 6.07) is 10.1. The van der Waals surface area contributed by atoms with Gasteiger partial charge in [0.1, 0.15) is 6.54 Å². The fraction of sp³-hybridized carbons (Fsp3) is 0.263. The van der Waals surface area contributed by atoms with Crippen molar-refractivity contribution in [3.05, 3.63) is 53.6 Å². The molecule has 0 spiro atoms. The number of hydrogen-bond acceptors (Lipinski definition) is 4. The first-order chi connectivity index (χ1) is 13.9. The molecule has 0 saturated carbocycles. The zero-order chi connectivity index (χ0) is 22.5. The van der Waals surface area contributed by atoms with Gasteiger partial charge in [0.15, 0.2) is 0 Å². The zero-order valence-corrected chi connectivity index (χ0v) is 16.9. The summed E-state index contributed by atoms with van der Waals surface area (Å²) in [5, 5.41) is 4.33. The van der Waals surface area contributed by atoms with Crippen molar-refractivity contribution < 1.29 is 31.2 Å². The molecule has 2 amide bonds. The summed E-state index contributed by atoms with van der Waals surface area (Å²) in [4.78, 5) is 22.7. The predicted molar refractivity (Wildman–Crippen MR) is 106 cm³/mol. The monoisotopic (exact) mass is 443 g/mol. The second-order valence-corrected chi connectivity index (χ2v) is 8.18. The summed E-state index contributed by atoms with van der Waals surface area (Å²) in [7, 11) is -3.92. The van der Waals surface area contributed by atoms with Crippen molar-refractivity contribution in [3.8, 4) is 0 Å². The second kappa shape index (κ2) is 9.16. The Balaban J connectivity index is 2.05. The molecule has 0 saturated heterocycles. The van der Waals surface area contributed by atoms with Gasteiger partial charge < -0.3 is 10.6 Å². The van der Waals surface area contributed by atoms with Crippen molar-refractivity contribution in [2.24, 2.45) is 0 Å². The summed E-state index contributed by atoms with van der Waals surface area (Å²) < 4.78 is 64.0. The quantitative estimate of drug-likeness (QED) is 0.612. The van der Waals surface area contributed by atoms with E-state index in [1.54, 1.807) is 12.2 Å². The Morgan fingerprint density at radius 2 is 1.60 bits per heavy atom. The van der Waals surface area contributed by atoms with Gasteiger partial charge in [-0.15, -0.1) is 0 Å². The molecular formula is C19H20F3N3O4S. The van der Waals surface area contributed by atoms with Crippen LogP contribution in [-0.4, -0.2) is 33.0 Å². The highest BCUT2D eigenvalue weighted by Gasteiger charge is 2.27. The first-order valence-corrected chi connectivity index (χ1v) is 10.2. The van der Waals surface area contributed by atoms with Gasteiger partial charge in [0.05, 0.1) is 11.3 Å². The van der Waals surface area contributed by atoms with Gasteiger partial charge in [0, 0.05) is 18.3 Å². The molecule has 162 valence electrons. The van der Waals surface area contributed by atoms with E-state index < -0.39 is 28.7 Å². The van der Waals surface area contributed by atoms with E-state index in [0.29, 0.717) is 16.8 Å². The Hall–Kier alpha value is -3.08. The Morgan fingerprint density at radius 3 is 2.13 bits per heavy atom. The molecule has 2 aromatic carbocycles. The third-order valence-electron chi connectivity index (χ3n) is 3.84. The largest absolute Gasteiger partial charge is 0.405 e. The Labute approximate surface area is 171 Å². The fourth-order valence-corrected chi connectivity index (χ4v) is 3.87. The maximum Gasteiger partial charge on any atom is 0.405 e. The highest BCUT2D eigenvalue weighted by Crippen LogP contribution is 2.23. The topological polar surface area (TPSA) is 104 Å². The SMILES string of the molecule is CC(=O)Nc1ccc(S(=O)(=O)Nc2ccc(CC(=O)NCC(F)(F)F)cc2)c(C)c1. The third kappa shape index (κ3) is 7.07. The average molecular weight is 443 g/mol. The lowest BCUT2D eigenvalue weighted by atomic mass is 10.1. The van der Waals surface area contributed by atoms with E-state index in [1.807, 2.05) is 0 Å². The van der Waals surface area contributed by atoms with Gasteiger partial charge in [-0.3, -0.25) is 14.3 Å². The summed E-state index contributed by atoms with van der Waals surface area (Å²) in [5.74, 6) is -1.08. The number of benzene rings is 2. The molecule has 7 nitrogen and oxygen atoms in total. The first kappa shape index (κ1) is 23.2. The number of halogens is 3. The van der Waals surface area contributed by atoms with E-state index in [9.17, 15) is 31.2 Å². The number of sulfonamides is 1. The lowest BCUT2D eigenvalue weighted by Gasteiger charge is -2.12. The molecule has 0 radical (unpaired) electrons. The van der Waals surface area contributed by atoms with E-state index >= 15 is 0 Å². The van der Waals surface area contributed by atoms with Gasteiger partial charge in [0.25, 0.3) is 10.0 Å². The van der Waals surface area contributed by atoms with Crippen LogP contribution >= 0.6 is 0 Å². The van der Waals surface area contributed by atoms with Crippen molar-refractivity contribution in [1.82, 2.24) is 5.32 Å². The minimum Gasteiger partial charge on any atom is -0.347 e. The van der Waals surface area contributed by atoms with Crippen LogP contribution in [-0.2, 0) is 26.0 Å². The van der Waals surface area contributed by atoms with Gasteiger partial charge in [-0.1, -0.05) is 12.1 Å². The molecule has 0 fully saturated rings. The van der Waals surface area contributed by atoms with Crippen molar-refractivity contribution >= 4 is 33.2 Å². The van der Waals surface area contributed by atoms with Gasteiger partial charge in [-0.05, 0) is 48.4 Å². The summed E-state index contributed by atoms with van der Waals surface area (Å²) >= 11 is 0. The van der Waals surface area contributed by atoms with Crippen molar-refractivity contribution in [2.75, 3.05) is 16.6 Å². The molecule has 0 aromatic heterocycles. The Kier molecular flexibility index (Phi) is 7.08. The highest BCUT2D eigenvalue weighted by molar-refractivity contribution is 7.92. The van der Waals surface area contributed by atoms with Crippen LogP contribution in [0.2, 0.25) is 0 Å². The predicted octanol–water partition coefficient (Wildman–Crippen LogP) is 2.98. The molecule has 11 heteroatoms. The molecule has 0 unspecified atom stereocenters.